The van der Waals surface area contributed by atoms with E-state index < -0.39 is 28.8 Å². The molecule has 14 heteroatoms. The molecular weight excluding hydrogens is 567 g/mol. The molecule has 2 aromatic heterocycles. The molecule has 2 fully saturated rings. The van der Waals surface area contributed by atoms with Gasteiger partial charge >= 0.3 is 6.18 Å². The Bertz CT molecular complexity index is 1510. The molecule has 2 N–H and O–H groups in total. The van der Waals surface area contributed by atoms with E-state index in [4.69, 9.17) is 9.47 Å². The van der Waals surface area contributed by atoms with Crippen LogP contribution in [0.3, 0.4) is 0 Å². The van der Waals surface area contributed by atoms with E-state index in [2.05, 4.69) is 43.9 Å². The molecule has 0 bridgehead atoms. The molecule has 11 nitrogen and oxygen atoms in total. The monoisotopic (exact) mass is 601 g/mol. The van der Waals surface area contributed by atoms with Crippen molar-refractivity contribution in [1.82, 2.24) is 19.9 Å². The number of methoxy groups -OCH3 is 1. The number of anilines is 3. The molecule has 43 heavy (non-hydrogen) atoms. The maximum Gasteiger partial charge on any atom is 0.417 e. The maximum absolute atomic E-state index is 13.8. The van der Waals surface area contributed by atoms with Crippen molar-refractivity contribution < 1.29 is 27.4 Å². The number of morpholine rings is 1. The van der Waals surface area contributed by atoms with Crippen LogP contribution in [-0.2, 0) is 10.9 Å². The number of likely N-dealkylation sites (N-methyl/N-ethyl adjacent to an activating group) is 1. The summed E-state index contributed by atoms with van der Waals surface area (Å²) in [5, 5.41) is 2.69. The summed E-state index contributed by atoms with van der Waals surface area (Å²) in [4.78, 5) is 42.6. The number of carbonyl (C=O) groups excluding carboxylic acids is 1. The van der Waals surface area contributed by atoms with Crippen LogP contribution in [0.25, 0.3) is 11.1 Å². The van der Waals surface area contributed by atoms with Gasteiger partial charge in [-0.1, -0.05) is 0 Å². The minimum absolute atomic E-state index is 0.162. The van der Waals surface area contributed by atoms with Gasteiger partial charge in [-0.15, -0.1) is 0 Å². The molecule has 0 aliphatic carbocycles. The predicted octanol–water partition coefficient (Wildman–Crippen LogP) is 3.48. The van der Waals surface area contributed by atoms with Crippen molar-refractivity contribution in [3.05, 3.63) is 58.3 Å². The number of alkyl halides is 3. The molecule has 0 spiro atoms. The molecule has 4 heterocycles. The fourth-order valence-corrected chi connectivity index (χ4v) is 5.40. The third-order valence-corrected chi connectivity index (χ3v) is 7.98. The number of nitrogens with one attached hydrogen (secondary N) is 2. The van der Waals surface area contributed by atoms with Crippen LogP contribution in [0.1, 0.15) is 29.8 Å². The standard InChI is InChI=1S/C29H34F3N7O4/c1-17-15-39(16-18(2)37(17)3)24-11-25(42-4)20(19-12-34-28(35-13-19)38-5-7-43-8-6-38)9-23(24)36-27(41)21-14-33-26(40)10-22(21)29(30,31)32/h9-14,17-18H,5-8,15-16H2,1-4H3,(H,33,40)(H,36,41)/t17-,18+. The van der Waals surface area contributed by atoms with E-state index in [1.54, 1.807) is 24.5 Å². The molecule has 230 valence electrons. The van der Waals surface area contributed by atoms with Gasteiger partial charge in [-0.3, -0.25) is 14.5 Å². The summed E-state index contributed by atoms with van der Waals surface area (Å²) in [5.74, 6) is 0.0133. The van der Waals surface area contributed by atoms with E-state index in [-0.39, 0.29) is 17.8 Å². The molecule has 2 atom stereocenters. The van der Waals surface area contributed by atoms with Gasteiger partial charge in [0.05, 0.1) is 42.8 Å². The van der Waals surface area contributed by atoms with Crippen LogP contribution in [0.5, 0.6) is 5.75 Å². The van der Waals surface area contributed by atoms with E-state index in [1.165, 1.54) is 7.11 Å². The second kappa shape index (κ2) is 12.2. The second-order valence-corrected chi connectivity index (χ2v) is 10.8. The second-order valence-electron chi connectivity index (χ2n) is 10.8. The first-order valence-corrected chi connectivity index (χ1v) is 13.9. The molecule has 0 unspecified atom stereocenters. The molecule has 2 saturated heterocycles. The largest absolute Gasteiger partial charge is 0.496 e. The molecule has 1 aromatic carbocycles. The topological polar surface area (TPSA) is 116 Å². The normalized spacial score (nSPS) is 19.8. The number of H-pyrrole nitrogens is 1. The summed E-state index contributed by atoms with van der Waals surface area (Å²) in [6.45, 7) is 7.87. The fourth-order valence-electron chi connectivity index (χ4n) is 5.40. The predicted molar refractivity (Wildman–Crippen MR) is 156 cm³/mol. The zero-order chi connectivity index (χ0) is 30.9. The Kier molecular flexibility index (Phi) is 8.60. The van der Waals surface area contributed by atoms with Crippen LogP contribution in [0, 0.1) is 0 Å². The van der Waals surface area contributed by atoms with Crippen molar-refractivity contribution in [3.63, 3.8) is 0 Å². The van der Waals surface area contributed by atoms with Crippen LogP contribution in [0.15, 0.2) is 41.6 Å². The van der Waals surface area contributed by atoms with Crippen LogP contribution < -0.4 is 25.4 Å². The number of rotatable bonds is 6. The first-order chi connectivity index (χ1) is 20.5. The average molecular weight is 602 g/mol. The van der Waals surface area contributed by atoms with Crippen LogP contribution in [0.4, 0.5) is 30.5 Å². The van der Waals surface area contributed by atoms with E-state index in [0.717, 1.165) is 6.20 Å². The Labute approximate surface area is 246 Å². The summed E-state index contributed by atoms with van der Waals surface area (Å²) in [6.07, 6.45) is -0.839. The Morgan fingerprint density at radius 3 is 2.33 bits per heavy atom. The smallest absolute Gasteiger partial charge is 0.417 e. The lowest BCUT2D eigenvalue weighted by Gasteiger charge is -2.44. The number of carbonyl (C=O) groups is 1. The number of halogens is 3. The van der Waals surface area contributed by atoms with Crippen LogP contribution >= 0.6 is 0 Å². The van der Waals surface area contributed by atoms with Gasteiger partial charge in [0.15, 0.2) is 0 Å². The van der Waals surface area contributed by atoms with Crippen molar-refractivity contribution >= 4 is 23.2 Å². The summed E-state index contributed by atoms with van der Waals surface area (Å²) in [6, 6.07) is 4.13. The zero-order valence-electron chi connectivity index (χ0n) is 24.4. The number of amides is 1. The van der Waals surface area contributed by atoms with E-state index in [0.29, 0.717) is 74.0 Å². The van der Waals surface area contributed by atoms with Crippen molar-refractivity contribution in [2.24, 2.45) is 0 Å². The van der Waals surface area contributed by atoms with Crippen molar-refractivity contribution in [1.29, 1.82) is 0 Å². The SMILES string of the molecule is COc1cc(N2C[C@@H](C)N(C)[C@@H](C)C2)c(NC(=O)c2c[nH]c(=O)cc2C(F)(F)F)cc1-c1cnc(N2CCOCC2)nc1. The Morgan fingerprint density at radius 1 is 1.07 bits per heavy atom. The first-order valence-electron chi connectivity index (χ1n) is 13.9. The minimum Gasteiger partial charge on any atom is -0.496 e. The molecule has 0 saturated carbocycles. The first kappa shape index (κ1) is 30.3. The third-order valence-electron chi connectivity index (χ3n) is 7.98. The van der Waals surface area contributed by atoms with Crippen molar-refractivity contribution in [2.45, 2.75) is 32.1 Å². The Balaban J connectivity index is 1.57. The number of nitrogens with zero attached hydrogens (tertiary/aromatic N) is 5. The Morgan fingerprint density at radius 2 is 1.72 bits per heavy atom. The van der Waals surface area contributed by atoms with Gasteiger partial charge in [0, 0.05) is 80.1 Å². The Hall–Kier alpha value is -4.17. The maximum atomic E-state index is 13.8. The summed E-state index contributed by atoms with van der Waals surface area (Å²) in [5.41, 5.74) is -0.978. The van der Waals surface area contributed by atoms with E-state index >= 15 is 0 Å². The highest BCUT2D eigenvalue weighted by Crippen LogP contribution is 2.41. The number of hydrogen-bond donors (Lipinski definition) is 2. The quantitative estimate of drug-likeness (QED) is 0.438. The highest BCUT2D eigenvalue weighted by atomic mass is 19.4. The minimum atomic E-state index is -4.91. The number of hydrogen-bond acceptors (Lipinski definition) is 9. The molecular formula is C29H34F3N7O4. The van der Waals surface area contributed by atoms with Crippen LogP contribution in [0.2, 0.25) is 0 Å². The number of aromatic nitrogens is 3. The van der Waals surface area contributed by atoms with Gasteiger partial charge in [-0.05, 0) is 27.0 Å². The molecule has 0 radical (unpaired) electrons. The number of aromatic amines is 1. The van der Waals surface area contributed by atoms with Gasteiger partial charge in [0.2, 0.25) is 11.5 Å². The van der Waals surface area contributed by atoms with Gasteiger partial charge in [-0.25, -0.2) is 9.97 Å². The molecule has 2 aliphatic rings. The number of benzene rings is 1. The number of ether oxygens (including phenoxy) is 2. The summed E-state index contributed by atoms with van der Waals surface area (Å²) < 4.78 is 52.5. The van der Waals surface area contributed by atoms with Crippen LogP contribution in [-0.4, -0.2) is 91.4 Å². The van der Waals surface area contributed by atoms with E-state index in [1.807, 2.05) is 11.9 Å². The lowest BCUT2D eigenvalue weighted by atomic mass is 10.0. The van der Waals surface area contributed by atoms with Gasteiger partial charge in [0.25, 0.3) is 5.91 Å². The van der Waals surface area contributed by atoms with Gasteiger partial charge < -0.3 is 29.6 Å². The fraction of sp³-hybridized carbons (Fsp3) is 0.448. The molecule has 1 amide bonds. The highest BCUT2D eigenvalue weighted by Gasteiger charge is 2.36. The molecule has 5 rings (SSSR count). The molecule has 3 aromatic rings. The van der Waals surface area contributed by atoms with Crippen molar-refractivity contribution in [2.75, 3.05) is 68.7 Å². The van der Waals surface area contributed by atoms with Gasteiger partial charge in [0.1, 0.15) is 5.75 Å². The molecule has 2 aliphatic heterocycles. The summed E-state index contributed by atoms with van der Waals surface area (Å²) >= 11 is 0. The lowest BCUT2D eigenvalue weighted by Crippen LogP contribution is -2.55. The van der Waals surface area contributed by atoms with Gasteiger partial charge in [-0.2, -0.15) is 13.2 Å². The summed E-state index contributed by atoms with van der Waals surface area (Å²) in [7, 11) is 3.56. The highest BCUT2D eigenvalue weighted by molar-refractivity contribution is 6.07. The van der Waals surface area contributed by atoms with Crippen molar-refractivity contribution in [3.8, 4) is 16.9 Å². The van der Waals surface area contributed by atoms with E-state index in [9.17, 15) is 22.8 Å². The third kappa shape index (κ3) is 6.44. The average Bonchev–Trinajstić information content (AvgIpc) is 2.99. The lowest BCUT2D eigenvalue weighted by molar-refractivity contribution is -0.138. The number of piperazine rings is 1. The number of pyridine rings is 1. The zero-order valence-corrected chi connectivity index (χ0v) is 24.4.